The molecule has 2 N–H and O–H groups in total. The Hall–Kier alpha value is -1.84. The Morgan fingerprint density at radius 1 is 0.821 bits per heavy atom. The number of carbonyl (C=O) groups is 2. The predicted octanol–water partition coefficient (Wildman–Crippen LogP) is 7.01. The van der Waals surface area contributed by atoms with E-state index in [-0.39, 0.29) is 23.0 Å². The number of phenolic OH excluding ortho intramolecular Hbond substituents is 1. The second kappa shape index (κ2) is 15.1. The molecule has 0 aliphatic rings. The summed E-state index contributed by atoms with van der Waals surface area (Å²) in [6.07, 6.45) is 17.0. The summed E-state index contributed by atoms with van der Waals surface area (Å²) in [5, 5.41) is 12.8. The van der Waals surface area contributed by atoms with Gasteiger partial charge in [-0.05, 0) is 25.5 Å². The smallest absolute Gasteiger partial charge is 0.224 e. The van der Waals surface area contributed by atoms with Crippen LogP contribution in [0.25, 0.3) is 0 Å². The maximum atomic E-state index is 12.0. The summed E-state index contributed by atoms with van der Waals surface area (Å²) in [5.74, 6) is -0.474. The lowest BCUT2D eigenvalue weighted by Crippen LogP contribution is -2.11. The molecule has 0 saturated carbocycles. The van der Waals surface area contributed by atoms with Gasteiger partial charge in [0.15, 0.2) is 5.78 Å². The lowest BCUT2D eigenvalue weighted by molar-refractivity contribution is -0.116. The molecule has 0 radical (unpaired) electrons. The van der Waals surface area contributed by atoms with Crippen LogP contribution < -0.4 is 5.32 Å². The fourth-order valence-electron chi connectivity index (χ4n) is 3.44. The molecule has 158 valence electrons. The van der Waals surface area contributed by atoms with Crippen LogP contribution in [0.3, 0.4) is 0 Å². The van der Waals surface area contributed by atoms with E-state index in [0.717, 1.165) is 12.8 Å². The van der Waals surface area contributed by atoms with Crippen LogP contribution in [-0.4, -0.2) is 16.8 Å². The number of para-hydroxylation sites is 1. The molecule has 0 heterocycles. The molecule has 4 nitrogen and oxygen atoms in total. The second-order valence-corrected chi connectivity index (χ2v) is 7.80. The van der Waals surface area contributed by atoms with Crippen molar-refractivity contribution in [2.24, 2.45) is 0 Å². The lowest BCUT2D eigenvalue weighted by atomic mass is 10.0. The molecule has 0 atom stereocenters. The highest BCUT2D eigenvalue weighted by Crippen LogP contribution is 2.28. The highest BCUT2D eigenvalue weighted by molar-refractivity contribution is 6.00. The van der Waals surface area contributed by atoms with E-state index >= 15 is 0 Å². The molecule has 0 saturated heterocycles. The summed E-state index contributed by atoms with van der Waals surface area (Å²) < 4.78 is 0. The molecule has 1 amide bonds. The van der Waals surface area contributed by atoms with Gasteiger partial charge in [0.25, 0.3) is 0 Å². The average molecular weight is 390 g/mol. The first-order valence-corrected chi connectivity index (χ1v) is 11.2. The van der Waals surface area contributed by atoms with E-state index in [1.165, 1.54) is 77.6 Å². The number of hydrogen-bond donors (Lipinski definition) is 2. The Kier molecular flexibility index (Phi) is 13.1. The third-order valence-corrected chi connectivity index (χ3v) is 5.20. The number of benzene rings is 1. The Labute approximate surface area is 171 Å². The first-order valence-electron chi connectivity index (χ1n) is 11.2. The summed E-state index contributed by atoms with van der Waals surface area (Å²) in [6.45, 7) is 3.65. The number of phenols is 1. The molecule has 0 unspecified atom stereocenters. The van der Waals surface area contributed by atoms with Crippen LogP contribution in [-0.2, 0) is 4.79 Å². The molecule has 28 heavy (non-hydrogen) atoms. The number of unbranched alkanes of at least 4 members (excludes halogenated alkanes) is 12. The Morgan fingerprint density at radius 2 is 1.32 bits per heavy atom. The van der Waals surface area contributed by atoms with Gasteiger partial charge in [0, 0.05) is 6.42 Å². The summed E-state index contributed by atoms with van der Waals surface area (Å²) in [7, 11) is 0. The SMILES string of the molecule is CCCCCCCCCCCCCCCC(=O)Nc1cccc(C(C)=O)c1O. The zero-order valence-electron chi connectivity index (χ0n) is 17.9. The van der Waals surface area contributed by atoms with Crippen molar-refractivity contribution >= 4 is 17.4 Å². The zero-order chi connectivity index (χ0) is 20.6. The summed E-state index contributed by atoms with van der Waals surface area (Å²) in [6, 6.07) is 4.83. The number of rotatable bonds is 16. The van der Waals surface area contributed by atoms with Crippen molar-refractivity contribution in [2.75, 3.05) is 5.32 Å². The van der Waals surface area contributed by atoms with Crippen molar-refractivity contribution in [3.8, 4) is 5.75 Å². The molecular formula is C24H39NO3. The second-order valence-electron chi connectivity index (χ2n) is 7.80. The van der Waals surface area contributed by atoms with Gasteiger partial charge >= 0.3 is 0 Å². The number of carbonyl (C=O) groups excluding carboxylic acids is 2. The third kappa shape index (κ3) is 10.5. The number of ketones is 1. The standard InChI is InChI=1S/C24H39NO3/c1-3-4-5-6-7-8-9-10-11-12-13-14-15-19-23(27)25-22-18-16-17-21(20(2)26)24(22)28/h16-18,28H,3-15,19H2,1-2H3,(H,25,27). The third-order valence-electron chi connectivity index (χ3n) is 5.20. The molecule has 4 heteroatoms. The fourth-order valence-corrected chi connectivity index (χ4v) is 3.44. The van der Waals surface area contributed by atoms with Crippen LogP contribution >= 0.6 is 0 Å². The fraction of sp³-hybridized carbons (Fsp3) is 0.667. The van der Waals surface area contributed by atoms with Gasteiger partial charge in [-0.15, -0.1) is 0 Å². The van der Waals surface area contributed by atoms with Gasteiger partial charge in [-0.2, -0.15) is 0 Å². The van der Waals surface area contributed by atoms with Gasteiger partial charge in [-0.25, -0.2) is 0 Å². The van der Waals surface area contributed by atoms with E-state index in [1.807, 2.05) is 0 Å². The van der Waals surface area contributed by atoms with E-state index in [1.54, 1.807) is 18.2 Å². The molecule has 1 aromatic rings. The van der Waals surface area contributed by atoms with Gasteiger partial charge < -0.3 is 10.4 Å². The van der Waals surface area contributed by atoms with Gasteiger partial charge in [0.1, 0.15) is 5.75 Å². The Bertz CT molecular complexity index is 583. The quantitative estimate of drug-likeness (QED) is 0.181. The minimum Gasteiger partial charge on any atom is -0.505 e. The molecule has 1 rings (SSSR count). The van der Waals surface area contributed by atoms with E-state index in [4.69, 9.17) is 0 Å². The first kappa shape index (κ1) is 24.2. The van der Waals surface area contributed by atoms with Crippen LogP contribution in [0.4, 0.5) is 5.69 Å². The van der Waals surface area contributed by atoms with Crippen molar-refractivity contribution in [3.63, 3.8) is 0 Å². The minimum atomic E-state index is -0.218. The maximum Gasteiger partial charge on any atom is 0.224 e. The van der Waals surface area contributed by atoms with Crippen LogP contribution in [0, 0.1) is 0 Å². The molecule has 0 spiro atoms. The molecule has 0 fully saturated rings. The van der Waals surface area contributed by atoms with Crippen LogP contribution in [0.15, 0.2) is 18.2 Å². The van der Waals surface area contributed by atoms with Crippen molar-refractivity contribution in [2.45, 2.75) is 104 Å². The molecule has 0 aliphatic heterocycles. The van der Waals surface area contributed by atoms with E-state index in [0.29, 0.717) is 12.1 Å². The average Bonchev–Trinajstić information content (AvgIpc) is 2.67. The first-order chi connectivity index (χ1) is 13.6. The molecular weight excluding hydrogens is 350 g/mol. The van der Waals surface area contributed by atoms with Crippen molar-refractivity contribution in [1.82, 2.24) is 0 Å². The van der Waals surface area contributed by atoms with E-state index < -0.39 is 0 Å². The topological polar surface area (TPSA) is 66.4 Å². The minimum absolute atomic E-state index is 0.112. The summed E-state index contributed by atoms with van der Waals surface area (Å²) >= 11 is 0. The van der Waals surface area contributed by atoms with Crippen molar-refractivity contribution in [3.05, 3.63) is 23.8 Å². The zero-order valence-corrected chi connectivity index (χ0v) is 17.9. The van der Waals surface area contributed by atoms with Gasteiger partial charge in [0.2, 0.25) is 5.91 Å². The van der Waals surface area contributed by atoms with Crippen molar-refractivity contribution in [1.29, 1.82) is 0 Å². The Balaban J connectivity index is 2.03. The van der Waals surface area contributed by atoms with E-state index in [9.17, 15) is 14.7 Å². The van der Waals surface area contributed by atoms with Gasteiger partial charge in [-0.3, -0.25) is 9.59 Å². The van der Waals surface area contributed by atoms with E-state index in [2.05, 4.69) is 12.2 Å². The number of amides is 1. The molecule has 0 aromatic heterocycles. The van der Waals surface area contributed by atoms with Gasteiger partial charge in [-0.1, -0.05) is 90.0 Å². The van der Waals surface area contributed by atoms with Gasteiger partial charge in [0.05, 0.1) is 11.3 Å². The summed E-state index contributed by atoms with van der Waals surface area (Å²) in [5.41, 5.74) is 0.547. The van der Waals surface area contributed by atoms with Crippen LogP contribution in [0.5, 0.6) is 5.75 Å². The summed E-state index contributed by atoms with van der Waals surface area (Å²) in [4.78, 5) is 23.5. The highest BCUT2D eigenvalue weighted by atomic mass is 16.3. The number of Topliss-reactive ketones (excluding diaryl/α,β-unsaturated/α-hetero) is 1. The number of nitrogens with one attached hydrogen (secondary N) is 1. The number of anilines is 1. The normalized spacial score (nSPS) is 10.8. The molecule has 1 aromatic carbocycles. The molecule has 0 bridgehead atoms. The maximum absolute atomic E-state index is 12.0. The van der Waals surface area contributed by atoms with Crippen LogP contribution in [0.2, 0.25) is 0 Å². The predicted molar refractivity (Wildman–Crippen MR) is 117 cm³/mol. The monoisotopic (exact) mass is 389 g/mol. The largest absolute Gasteiger partial charge is 0.505 e. The van der Waals surface area contributed by atoms with Crippen LogP contribution in [0.1, 0.15) is 114 Å². The number of hydrogen-bond acceptors (Lipinski definition) is 3. The lowest BCUT2D eigenvalue weighted by Gasteiger charge is -2.09. The molecule has 0 aliphatic carbocycles. The Morgan fingerprint density at radius 3 is 1.82 bits per heavy atom. The van der Waals surface area contributed by atoms with Crippen molar-refractivity contribution < 1.29 is 14.7 Å². The number of aromatic hydroxyl groups is 1. The highest BCUT2D eigenvalue weighted by Gasteiger charge is 2.12.